The van der Waals surface area contributed by atoms with Crippen LogP contribution in [0.1, 0.15) is 87.3 Å². The number of aliphatic hydroxyl groups excluding tert-OH is 1. The van der Waals surface area contributed by atoms with Crippen LogP contribution in [0.2, 0.25) is 0 Å². The molecule has 0 aliphatic heterocycles. The zero-order chi connectivity index (χ0) is 17.4. The number of hydrogen-bond donors (Lipinski definition) is 2. The van der Waals surface area contributed by atoms with Crippen molar-refractivity contribution < 1.29 is 9.90 Å². The summed E-state index contributed by atoms with van der Waals surface area (Å²) in [6.45, 7) is 5.49. The van der Waals surface area contributed by atoms with Gasteiger partial charge in [-0.2, -0.15) is 5.10 Å². The van der Waals surface area contributed by atoms with Gasteiger partial charge >= 0.3 is 0 Å². The van der Waals surface area contributed by atoms with Gasteiger partial charge in [-0.05, 0) is 31.2 Å². The molecule has 0 aromatic carbocycles. The number of carbonyl (C=O) groups is 1. The van der Waals surface area contributed by atoms with Gasteiger partial charge in [0, 0.05) is 25.6 Å². The van der Waals surface area contributed by atoms with Crippen LogP contribution in [0.15, 0.2) is 6.07 Å². The first-order valence-electron chi connectivity index (χ1n) is 9.62. The number of rotatable bonds is 9. The molecule has 1 aromatic heterocycles. The van der Waals surface area contributed by atoms with E-state index >= 15 is 0 Å². The highest BCUT2D eigenvalue weighted by atomic mass is 16.3. The Kier molecular flexibility index (Phi) is 7.76. The quantitative estimate of drug-likeness (QED) is 0.679. The van der Waals surface area contributed by atoms with Gasteiger partial charge in [0.15, 0.2) is 0 Å². The normalized spacial score (nSPS) is 17.0. The minimum Gasteiger partial charge on any atom is -0.396 e. The van der Waals surface area contributed by atoms with E-state index in [0.29, 0.717) is 18.2 Å². The third kappa shape index (κ3) is 5.33. The second-order valence-electron chi connectivity index (χ2n) is 7.22. The van der Waals surface area contributed by atoms with Gasteiger partial charge in [-0.3, -0.25) is 9.48 Å². The summed E-state index contributed by atoms with van der Waals surface area (Å²) in [7, 11) is 0. The second kappa shape index (κ2) is 9.82. The summed E-state index contributed by atoms with van der Waals surface area (Å²) in [6.07, 6.45) is 9.60. The molecule has 1 amide bonds. The first-order valence-corrected chi connectivity index (χ1v) is 9.62. The fraction of sp³-hybridized carbons (Fsp3) is 0.789. The fourth-order valence-corrected chi connectivity index (χ4v) is 3.32. The molecule has 1 heterocycles. The summed E-state index contributed by atoms with van der Waals surface area (Å²) in [5.41, 5.74) is 1.77. The van der Waals surface area contributed by atoms with Crippen molar-refractivity contribution in [1.82, 2.24) is 15.1 Å². The van der Waals surface area contributed by atoms with Gasteiger partial charge in [0.1, 0.15) is 5.69 Å². The monoisotopic (exact) mass is 335 g/mol. The van der Waals surface area contributed by atoms with Crippen molar-refractivity contribution in [2.45, 2.75) is 77.7 Å². The molecular weight excluding hydrogens is 302 g/mol. The van der Waals surface area contributed by atoms with E-state index in [1.807, 2.05) is 17.7 Å². The van der Waals surface area contributed by atoms with Gasteiger partial charge in [-0.15, -0.1) is 0 Å². The first-order chi connectivity index (χ1) is 11.7. The fourth-order valence-electron chi connectivity index (χ4n) is 3.32. The Balaban J connectivity index is 2.09. The molecule has 2 N–H and O–H groups in total. The zero-order valence-electron chi connectivity index (χ0n) is 15.3. The first kappa shape index (κ1) is 19.0. The summed E-state index contributed by atoms with van der Waals surface area (Å²) in [5, 5.41) is 16.8. The van der Waals surface area contributed by atoms with E-state index < -0.39 is 0 Å². The molecule has 1 aromatic rings. The molecule has 0 radical (unpaired) electrons. The molecule has 0 bridgehead atoms. The van der Waals surface area contributed by atoms with Gasteiger partial charge in [0.05, 0.1) is 5.69 Å². The van der Waals surface area contributed by atoms with Crippen LogP contribution in [0.3, 0.4) is 0 Å². The number of hydrogen-bond acceptors (Lipinski definition) is 3. The molecule has 1 aliphatic carbocycles. The Morgan fingerprint density at radius 1 is 1.38 bits per heavy atom. The number of amides is 1. The van der Waals surface area contributed by atoms with E-state index in [2.05, 4.69) is 12.2 Å². The van der Waals surface area contributed by atoms with Crippen molar-refractivity contribution in [3.05, 3.63) is 17.5 Å². The molecule has 0 spiro atoms. The lowest BCUT2D eigenvalue weighted by atomic mass is 9.87. The highest BCUT2D eigenvalue weighted by Crippen LogP contribution is 2.32. The Morgan fingerprint density at radius 2 is 2.12 bits per heavy atom. The van der Waals surface area contributed by atoms with Gasteiger partial charge in [0.25, 0.3) is 5.91 Å². The third-order valence-electron chi connectivity index (χ3n) is 4.95. The maximum Gasteiger partial charge on any atom is 0.269 e. The summed E-state index contributed by atoms with van der Waals surface area (Å²) in [4.78, 5) is 12.6. The molecule has 136 valence electrons. The van der Waals surface area contributed by atoms with E-state index in [9.17, 15) is 4.79 Å². The molecule has 1 aliphatic rings. The zero-order valence-corrected chi connectivity index (χ0v) is 15.3. The van der Waals surface area contributed by atoms with Crippen molar-refractivity contribution >= 4 is 5.91 Å². The van der Waals surface area contributed by atoms with E-state index in [-0.39, 0.29) is 18.4 Å². The van der Waals surface area contributed by atoms with Gasteiger partial charge in [-0.1, -0.05) is 46.0 Å². The topological polar surface area (TPSA) is 67.2 Å². The second-order valence-corrected chi connectivity index (χ2v) is 7.22. The lowest BCUT2D eigenvalue weighted by molar-refractivity contribution is 0.0931. The van der Waals surface area contributed by atoms with Gasteiger partial charge in [0.2, 0.25) is 0 Å². The van der Waals surface area contributed by atoms with Crippen LogP contribution in [0.5, 0.6) is 0 Å². The summed E-state index contributed by atoms with van der Waals surface area (Å²) in [5.74, 6) is 0.513. The van der Waals surface area contributed by atoms with E-state index in [4.69, 9.17) is 10.2 Å². The predicted octanol–water partition coefficient (Wildman–Crippen LogP) is 3.48. The van der Waals surface area contributed by atoms with E-state index in [1.165, 1.54) is 32.1 Å². The van der Waals surface area contributed by atoms with Crippen LogP contribution in [0, 0.1) is 5.92 Å². The maximum absolute atomic E-state index is 12.6. The molecule has 24 heavy (non-hydrogen) atoms. The van der Waals surface area contributed by atoms with Crippen LogP contribution in [-0.4, -0.2) is 33.9 Å². The molecule has 1 unspecified atom stereocenters. The molecule has 5 nitrogen and oxygen atoms in total. The maximum atomic E-state index is 12.6. The Labute approximate surface area is 145 Å². The predicted molar refractivity (Wildman–Crippen MR) is 96.2 cm³/mol. The Morgan fingerprint density at radius 3 is 2.79 bits per heavy atom. The van der Waals surface area contributed by atoms with E-state index in [1.54, 1.807) is 0 Å². The van der Waals surface area contributed by atoms with Crippen LogP contribution in [0.25, 0.3) is 0 Å². The number of nitrogens with zero attached hydrogens (tertiary/aromatic N) is 2. The SMILES string of the molecule is CCCCCn1nc(C2CCCCC2)cc1C(=O)NCC(C)CO. The van der Waals surface area contributed by atoms with Crippen molar-refractivity contribution in [2.24, 2.45) is 5.92 Å². The van der Waals surface area contributed by atoms with E-state index in [0.717, 1.165) is 31.5 Å². The summed E-state index contributed by atoms with van der Waals surface area (Å²) < 4.78 is 1.90. The number of aryl methyl sites for hydroxylation is 1. The Bertz CT molecular complexity index is 507. The van der Waals surface area contributed by atoms with Crippen molar-refractivity contribution in [2.75, 3.05) is 13.2 Å². The standard InChI is InChI=1S/C19H33N3O2/c1-3-4-8-11-22-18(19(24)20-13-15(2)14-23)12-17(21-22)16-9-6-5-7-10-16/h12,15-16,23H,3-11,13-14H2,1-2H3,(H,20,24). The van der Waals surface area contributed by atoms with Crippen LogP contribution < -0.4 is 5.32 Å². The summed E-state index contributed by atoms with van der Waals surface area (Å²) >= 11 is 0. The minimum absolute atomic E-state index is 0.0682. The number of nitrogens with one attached hydrogen (secondary N) is 1. The third-order valence-corrected chi connectivity index (χ3v) is 4.95. The van der Waals surface area contributed by atoms with Crippen LogP contribution >= 0.6 is 0 Å². The van der Waals surface area contributed by atoms with Crippen LogP contribution in [-0.2, 0) is 6.54 Å². The van der Waals surface area contributed by atoms with Crippen molar-refractivity contribution in [3.8, 4) is 0 Å². The highest BCUT2D eigenvalue weighted by molar-refractivity contribution is 5.92. The average Bonchev–Trinajstić information content (AvgIpc) is 3.04. The average molecular weight is 335 g/mol. The number of carbonyl (C=O) groups excluding carboxylic acids is 1. The lowest BCUT2D eigenvalue weighted by Gasteiger charge is -2.19. The number of unbranched alkanes of at least 4 members (excludes halogenated alkanes) is 2. The lowest BCUT2D eigenvalue weighted by Crippen LogP contribution is -2.31. The smallest absolute Gasteiger partial charge is 0.269 e. The molecule has 1 saturated carbocycles. The molecular formula is C19H33N3O2. The molecule has 2 rings (SSSR count). The van der Waals surface area contributed by atoms with Gasteiger partial charge in [-0.25, -0.2) is 0 Å². The van der Waals surface area contributed by atoms with Crippen molar-refractivity contribution in [1.29, 1.82) is 0 Å². The van der Waals surface area contributed by atoms with Gasteiger partial charge < -0.3 is 10.4 Å². The number of aromatic nitrogens is 2. The van der Waals surface area contributed by atoms with Crippen molar-refractivity contribution in [3.63, 3.8) is 0 Å². The number of aliphatic hydroxyl groups is 1. The highest BCUT2D eigenvalue weighted by Gasteiger charge is 2.22. The molecule has 1 atom stereocenters. The molecule has 0 saturated heterocycles. The molecule has 5 heteroatoms. The largest absolute Gasteiger partial charge is 0.396 e. The minimum atomic E-state index is -0.0682. The Hall–Kier alpha value is -1.36. The molecule has 1 fully saturated rings. The summed E-state index contributed by atoms with van der Waals surface area (Å²) in [6, 6.07) is 2.00. The van der Waals surface area contributed by atoms with Crippen LogP contribution in [0.4, 0.5) is 0 Å².